The number of ether oxygens (including phenoxy) is 2. The summed E-state index contributed by atoms with van der Waals surface area (Å²) in [6, 6.07) is 0.141. The molecule has 0 aliphatic rings. The van der Waals surface area contributed by atoms with E-state index in [0.29, 0.717) is 5.92 Å². The van der Waals surface area contributed by atoms with Crippen LogP contribution in [0.1, 0.15) is 20.8 Å². The van der Waals surface area contributed by atoms with Gasteiger partial charge in [0.2, 0.25) is 0 Å². The second kappa shape index (κ2) is 7.17. The fraction of sp³-hybridized carbons (Fsp3) is 1.00. The van der Waals surface area contributed by atoms with E-state index < -0.39 is 0 Å². The summed E-state index contributed by atoms with van der Waals surface area (Å²) in [6.45, 7) is 6.23. The first-order chi connectivity index (χ1) is 6.56. The average Bonchev–Trinajstić information content (AvgIpc) is 2.15. The van der Waals surface area contributed by atoms with Crippen molar-refractivity contribution in [3.8, 4) is 0 Å². The lowest BCUT2D eigenvalue weighted by Gasteiger charge is -2.28. The zero-order chi connectivity index (χ0) is 11.1. The summed E-state index contributed by atoms with van der Waals surface area (Å²) in [5.74, 6) is 0.386. The fourth-order valence-electron chi connectivity index (χ4n) is 1.38. The van der Waals surface area contributed by atoms with Crippen LogP contribution in [-0.2, 0) is 9.47 Å². The molecule has 0 aromatic heterocycles. The van der Waals surface area contributed by atoms with Gasteiger partial charge in [0, 0.05) is 20.3 Å². The maximum atomic E-state index is 9.13. The van der Waals surface area contributed by atoms with Crippen LogP contribution in [0.4, 0.5) is 0 Å². The second-order valence-corrected chi connectivity index (χ2v) is 3.83. The summed E-state index contributed by atoms with van der Waals surface area (Å²) < 4.78 is 10.2. The molecule has 0 amide bonds. The first-order valence-corrected chi connectivity index (χ1v) is 4.99. The van der Waals surface area contributed by atoms with Crippen LogP contribution in [-0.4, -0.2) is 44.3 Å². The summed E-state index contributed by atoms with van der Waals surface area (Å²) in [5.41, 5.74) is 0. The highest BCUT2D eigenvalue weighted by atomic mass is 16.7. The average molecular weight is 205 g/mol. The zero-order valence-corrected chi connectivity index (χ0v) is 9.78. The third kappa shape index (κ3) is 4.37. The highest BCUT2D eigenvalue weighted by molar-refractivity contribution is 4.75. The van der Waals surface area contributed by atoms with Crippen molar-refractivity contribution in [2.24, 2.45) is 5.92 Å². The van der Waals surface area contributed by atoms with Crippen molar-refractivity contribution in [2.75, 3.05) is 20.8 Å². The predicted molar refractivity (Wildman–Crippen MR) is 56.1 cm³/mol. The Hall–Kier alpha value is -0.160. The van der Waals surface area contributed by atoms with Gasteiger partial charge in [-0.15, -0.1) is 0 Å². The van der Waals surface area contributed by atoms with E-state index in [1.54, 1.807) is 14.2 Å². The van der Waals surface area contributed by atoms with Crippen LogP contribution >= 0.6 is 0 Å². The third-order valence-electron chi connectivity index (χ3n) is 2.35. The largest absolute Gasteiger partial charge is 0.395 e. The van der Waals surface area contributed by atoms with Gasteiger partial charge >= 0.3 is 0 Å². The van der Waals surface area contributed by atoms with Crippen molar-refractivity contribution in [3.05, 3.63) is 0 Å². The third-order valence-corrected chi connectivity index (χ3v) is 2.35. The van der Waals surface area contributed by atoms with Gasteiger partial charge in [-0.2, -0.15) is 0 Å². The molecule has 86 valence electrons. The van der Waals surface area contributed by atoms with Crippen LogP contribution in [0.25, 0.3) is 0 Å². The molecule has 0 heterocycles. The van der Waals surface area contributed by atoms with Crippen molar-refractivity contribution in [1.29, 1.82) is 0 Å². The number of nitrogens with one attached hydrogen (secondary N) is 1. The minimum atomic E-state index is -0.275. The van der Waals surface area contributed by atoms with Crippen molar-refractivity contribution in [1.82, 2.24) is 5.32 Å². The monoisotopic (exact) mass is 205 g/mol. The first kappa shape index (κ1) is 13.8. The van der Waals surface area contributed by atoms with E-state index >= 15 is 0 Å². The molecule has 2 N–H and O–H groups in total. The lowest BCUT2D eigenvalue weighted by atomic mass is 10.0. The van der Waals surface area contributed by atoms with Gasteiger partial charge in [0.15, 0.2) is 6.29 Å². The van der Waals surface area contributed by atoms with E-state index in [4.69, 9.17) is 14.6 Å². The molecule has 14 heavy (non-hydrogen) atoms. The van der Waals surface area contributed by atoms with Crippen LogP contribution in [0.5, 0.6) is 0 Å². The number of methoxy groups -OCH3 is 2. The summed E-state index contributed by atoms with van der Waals surface area (Å²) >= 11 is 0. The summed E-state index contributed by atoms with van der Waals surface area (Å²) in [6.07, 6.45) is -0.275. The molecule has 0 radical (unpaired) electrons. The molecule has 0 fully saturated rings. The van der Waals surface area contributed by atoms with Gasteiger partial charge in [-0.3, -0.25) is 0 Å². The van der Waals surface area contributed by atoms with Crippen molar-refractivity contribution < 1.29 is 14.6 Å². The molecule has 0 saturated heterocycles. The molecule has 4 nitrogen and oxygen atoms in total. The Morgan fingerprint density at radius 3 is 1.93 bits per heavy atom. The Morgan fingerprint density at radius 1 is 1.14 bits per heavy atom. The van der Waals surface area contributed by atoms with Gasteiger partial charge in [-0.1, -0.05) is 13.8 Å². The maximum absolute atomic E-state index is 9.13. The number of aliphatic hydroxyl groups excluding tert-OH is 1. The fourth-order valence-corrected chi connectivity index (χ4v) is 1.38. The normalized spacial score (nSPS) is 16.3. The lowest BCUT2D eigenvalue weighted by molar-refractivity contribution is -0.122. The van der Waals surface area contributed by atoms with Crippen LogP contribution in [0.2, 0.25) is 0 Å². The standard InChI is InChI=1S/C10H23NO3/c1-7(2)9(6-12)11-8(3)10(13-4)14-5/h7-12H,6H2,1-5H3. The smallest absolute Gasteiger partial charge is 0.171 e. The summed E-state index contributed by atoms with van der Waals surface area (Å²) in [7, 11) is 3.21. The topological polar surface area (TPSA) is 50.7 Å². The molecule has 0 rings (SSSR count). The predicted octanol–water partition coefficient (Wildman–Crippen LogP) is 0.600. The molecule has 4 heteroatoms. The molecule has 2 unspecified atom stereocenters. The van der Waals surface area contributed by atoms with Crippen LogP contribution in [0.15, 0.2) is 0 Å². The highest BCUT2D eigenvalue weighted by Crippen LogP contribution is 2.05. The molecule has 0 aliphatic heterocycles. The molecule has 0 spiro atoms. The van der Waals surface area contributed by atoms with Crippen molar-refractivity contribution in [2.45, 2.75) is 39.1 Å². The molecular formula is C10H23NO3. The van der Waals surface area contributed by atoms with Gasteiger partial charge in [0.1, 0.15) is 0 Å². The van der Waals surface area contributed by atoms with E-state index in [1.165, 1.54) is 0 Å². The minimum absolute atomic E-state index is 0.0598. The zero-order valence-electron chi connectivity index (χ0n) is 9.78. The molecule has 0 saturated carbocycles. The minimum Gasteiger partial charge on any atom is -0.395 e. The number of hydrogen-bond donors (Lipinski definition) is 2. The number of rotatable bonds is 7. The van der Waals surface area contributed by atoms with E-state index in [9.17, 15) is 0 Å². The molecule has 0 aliphatic carbocycles. The Labute approximate surface area is 86.6 Å². The quantitative estimate of drug-likeness (QED) is 0.598. The van der Waals surface area contributed by atoms with Gasteiger partial charge in [0.05, 0.1) is 12.6 Å². The summed E-state index contributed by atoms with van der Waals surface area (Å²) in [4.78, 5) is 0. The van der Waals surface area contributed by atoms with Gasteiger partial charge in [-0.25, -0.2) is 0 Å². The lowest BCUT2D eigenvalue weighted by Crippen LogP contribution is -2.48. The van der Waals surface area contributed by atoms with Crippen LogP contribution in [0, 0.1) is 5.92 Å². The van der Waals surface area contributed by atoms with E-state index in [1.807, 2.05) is 6.92 Å². The molecule has 2 atom stereocenters. The molecule has 0 bridgehead atoms. The Kier molecular flexibility index (Phi) is 7.09. The summed E-state index contributed by atoms with van der Waals surface area (Å²) in [5, 5.41) is 12.4. The Balaban J connectivity index is 4.06. The Bertz CT molecular complexity index is 137. The van der Waals surface area contributed by atoms with Gasteiger partial charge in [0.25, 0.3) is 0 Å². The molecule has 0 aromatic rings. The van der Waals surface area contributed by atoms with Crippen LogP contribution in [0.3, 0.4) is 0 Å². The number of hydrogen-bond acceptors (Lipinski definition) is 4. The molecule has 0 aromatic carbocycles. The van der Waals surface area contributed by atoms with Crippen molar-refractivity contribution >= 4 is 0 Å². The maximum Gasteiger partial charge on any atom is 0.171 e. The van der Waals surface area contributed by atoms with Crippen LogP contribution < -0.4 is 5.32 Å². The van der Waals surface area contributed by atoms with Gasteiger partial charge in [-0.05, 0) is 12.8 Å². The SMILES string of the molecule is COC(OC)C(C)NC(CO)C(C)C. The first-order valence-electron chi connectivity index (χ1n) is 4.99. The Morgan fingerprint density at radius 2 is 1.64 bits per heavy atom. The number of aliphatic hydroxyl groups is 1. The van der Waals surface area contributed by atoms with E-state index in [0.717, 1.165) is 0 Å². The molecular weight excluding hydrogens is 182 g/mol. The van der Waals surface area contributed by atoms with Gasteiger partial charge < -0.3 is 19.9 Å². The van der Waals surface area contributed by atoms with E-state index in [-0.39, 0.29) is 25.0 Å². The van der Waals surface area contributed by atoms with E-state index in [2.05, 4.69) is 19.2 Å². The van der Waals surface area contributed by atoms with Crippen molar-refractivity contribution in [3.63, 3.8) is 0 Å². The highest BCUT2D eigenvalue weighted by Gasteiger charge is 2.20. The second-order valence-electron chi connectivity index (χ2n) is 3.83.